The Labute approximate surface area is 323 Å². The van der Waals surface area contributed by atoms with Crippen LogP contribution in [-0.2, 0) is 28.6 Å². The second kappa shape index (κ2) is 35.5. The molecule has 8 nitrogen and oxygen atoms in total. The molecule has 0 heterocycles. The third kappa shape index (κ3) is 34.1. The lowest BCUT2D eigenvalue weighted by atomic mass is 10.1. The molecule has 0 saturated carbocycles. The Morgan fingerprint density at radius 1 is 0.585 bits per heavy atom. The molecular formula is C45H74NO7+. The standard InChI is InChI=1S/C45H73NO7/c1-6-8-10-12-14-16-17-18-19-20-21-22-23-24-25-26-27-28-30-31-33-35-43(47)52-40-41(39-51-38-37-42(45(49)50)46(3,4)5)53-44(48)36-34-32-29-15-13-11-9-7-2/h8,10,14,16,18-19,21-22,24-25,27-29,32,41-42H,6-7,9,11-13,15,17,20,23,26,30-31,33-40H2,1-5H3/p+1/b10-8+,16-14+,19-18+,22-21+,25-24+,28-27+,32-29+. The average Bonchev–Trinajstić information content (AvgIpc) is 3.11. The Kier molecular flexibility index (Phi) is 33.2. The second-order valence-electron chi connectivity index (χ2n) is 14.1. The number of allylic oxidation sites excluding steroid dienone is 14. The fraction of sp³-hybridized carbons (Fsp3) is 0.622. The number of carbonyl (C=O) groups excluding carboxylic acids is 2. The van der Waals surface area contributed by atoms with Crippen LogP contribution in [-0.4, -0.2) is 80.6 Å². The summed E-state index contributed by atoms with van der Waals surface area (Å²) in [4.78, 5) is 36.7. The van der Waals surface area contributed by atoms with Crippen LogP contribution >= 0.6 is 0 Å². The van der Waals surface area contributed by atoms with Gasteiger partial charge in [0.15, 0.2) is 12.1 Å². The molecule has 0 spiro atoms. The van der Waals surface area contributed by atoms with E-state index in [2.05, 4.69) is 92.8 Å². The summed E-state index contributed by atoms with van der Waals surface area (Å²) in [7, 11) is 5.48. The summed E-state index contributed by atoms with van der Waals surface area (Å²) in [5, 5.41) is 9.57. The molecule has 0 aliphatic heterocycles. The molecule has 0 bridgehead atoms. The van der Waals surface area contributed by atoms with Gasteiger partial charge >= 0.3 is 17.9 Å². The molecule has 2 atom stereocenters. The highest BCUT2D eigenvalue weighted by Gasteiger charge is 2.31. The molecule has 1 N–H and O–H groups in total. The number of quaternary nitrogens is 1. The van der Waals surface area contributed by atoms with Gasteiger partial charge in [0.1, 0.15) is 6.61 Å². The Morgan fingerprint density at radius 2 is 1.09 bits per heavy atom. The lowest BCUT2D eigenvalue weighted by Crippen LogP contribution is -2.50. The number of unbranched alkanes of at least 4 members (excludes halogenated alkanes) is 6. The maximum absolute atomic E-state index is 12.6. The first-order valence-corrected chi connectivity index (χ1v) is 20.1. The first kappa shape index (κ1) is 49.5. The van der Waals surface area contributed by atoms with Crippen molar-refractivity contribution in [2.75, 3.05) is 41.0 Å². The fourth-order valence-corrected chi connectivity index (χ4v) is 5.17. The zero-order chi connectivity index (χ0) is 39.3. The summed E-state index contributed by atoms with van der Waals surface area (Å²) in [5.74, 6) is -1.61. The van der Waals surface area contributed by atoms with Crippen LogP contribution in [0.5, 0.6) is 0 Å². The molecule has 0 aliphatic carbocycles. The van der Waals surface area contributed by atoms with Crippen molar-refractivity contribution in [1.29, 1.82) is 0 Å². The Morgan fingerprint density at radius 3 is 1.62 bits per heavy atom. The molecule has 8 heteroatoms. The smallest absolute Gasteiger partial charge is 0.362 e. The number of esters is 2. The van der Waals surface area contributed by atoms with Crippen LogP contribution in [0.4, 0.5) is 0 Å². The number of carboxylic acid groups (broad SMARTS) is 1. The number of carboxylic acids is 1. The summed E-state index contributed by atoms with van der Waals surface area (Å²) < 4.78 is 17.1. The van der Waals surface area contributed by atoms with Gasteiger partial charge in [-0.05, 0) is 77.0 Å². The van der Waals surface area contributed by atoms with E-state index in [0.717, 1.165) is 64.2 Å². The topological polar surface area (TPSA) is 99.1 Å². The summed E-state index contributed by atoms with van der Waals surface area (Å²) in [5.41, 5.74) is 0. The van der Waals surface area contributed by atoms with Gasteiger partial charge in [0, 0.05) is 19.3 Å². The summed E-state index contributed by atoms with van der Waals surface area (Å²) in [6, 6.07) is -0.629. The molecule has 0 amide bonds. The number of likely N-dealkylation sites (N-methyl/N-ethyl adjacent to an activating group) is 1. The number of hydrogen-bond donors (Lipinski definition) is 1. The average molecular weight is 741 g/mol. The van der Waals surface area contributed by atoms with Crippen LogP contribution in [0.15, 0.2) is 85.1 Å². The minimum Gasteiger partial charge on any atom is -0.477 e. The Hall–Kier alpha value is -3.49. The number of aliphatic carboxylic acids is 1. The van der Waals surface area contributed by atoms with Crippen molar-refractivity contribution in [3.05, 3.63) is 85.1 Å². The molecule has 53 heavy (non-hydrogen) atoms. The van der Waals surface area contributed by atoms with E-state index < -0.39 is 18.1 Å². The van der Waals surface area contributed by atoms with Crippen molar-refractivity contribution in [1.82, 2.24) is 0 Å². The van der Waals surface area contributed by atoms with Crippen molar-refractivity contribution >= 4 is 17.9 Å². The highest BCUT2D eigenvalue weighted by molar-refractivity contribution is 5.72. The number of ether oxygens (including phenoxy) is 3. The molecule has 0 aromatic heterocycles. The van der Waals surface area contributed by atoms with Crippen molar-refractivity contribution in [3.8, 4) is 0 Å². The van der Waals surface area contributed by atoms with E-state index in [9.17, 15) is 19.5 Å². The summed E-state index contributed by atoms with van der Waals surface area (Å²) >= 11 is 0. The van der Waals surface area contributed by atoms with E-state index in [1.165, 1.54) is 19.3 Å². The third-order valence-corrected chi connectivity index (χ3v) is 8.29. The fourth-order valence-electron chi connectivity index (χ4n) is 5.17. The van der Waals surface area contributed by atoms with E-state index in [0.29, 0.717) is 19.3 Å². The minimum absolute atomic E-state index is 0.0262. The maximum Gasteiger partial charge on any atom is 0.362 e. The SMILES string of the molecule is CC/C=C/C/C=C/C/C=C/C/C=C/C/C=C/C/C=C/CCCCC(=O)OCC(COCCC(C(=O)O)[N+](C)(C)C)OC(=O)CC/C=C/CCCCCC. The van der Waals surface area contributed by atoms with Crippen LogP contribution in [0.25, 0.3) is 0 Å². The monoisotopic (exact) mass is 741 g/mol. The summed E-state index contributed by atoms with van der Waals surface area (Å²) in [6.07, 6.45) is 45.1. The highest BCUT2D eigenvalue weighted by atomic mass is 16.6. The van der Waals surface area contributed by atoms with E-state index in [4.69, 9.17) is 14.2 Å². The minimum atomic E-state index is -0.891. The first-order valence-electron chi connectivity index (χ1n) is 20.1. The van der Waals surface area contributed by atoms with Gasteiger partial charge in [0.2, 0.25) is 0 Å². The first-order chi connectivity index (χ1) is 25.6. The van der Waals surface area contributed by atoms with Crippen LogP contribution in [0.2, 0.25) is 0 Å². The molecule has 0 saturated heterocycles. The van der Waals surface area contributed by atoms with Crippen LogP contribution in [0.1, 0.15) is 129 Å². The summed E-state index contributed by atoms with van der Waals surface area (Å²) in [6.45, 7) is 4.45. The molecule has 300 valence electrons. The van der Waals surface area contributed by atoms with Gasteiger partial charge in [-0.1, -0.05) is 118 Å². The predicted molar refractivity (Wildman–Crippen MR) is 220 cm³/mol. The van der Waals surface area contributed by atoms with Gasteiger partial charge < -0.3 is 23.8 Å². The van der Waals surface area contributed by atoms with Crippen molar-refractivity contribution in [2.24, 2.45) is 0 Å². The molecule has 0 fully saturated rings. The van der Waals surface area contributed by atoms with E-state index in [1.54, 1.807) is 0 Å². The number of rotatable bonds is 34. The maximum atomic E-state index is 12.6. The molecule has 2 unspecified atom stereocenters. The third-order valence-electron chi connectivity index (χ3n) is 8.29. The van der Waals surface area contributed by atoms with Crippen molar-refractivity contribution in [2.45, 2.75) is 142 Å². The second-order valence-corrected chi connectivity index (χ2v) is 14.1. The van der Waals surface area contributed by atoms with Crippen molar-refractivity contribution in [3.63, 3.8) is 0 Å². The molecule has 0 radical (unpaired) electrons. The lowest BCUT2D eigenvalue weighted by molar-refractivity contribution is -0.887. The molecule has 0 aromatic rings. The van der Waals surface area contributed by atoms with E-state index in [1.807, 2.05) is 27.2 Å². The van der Waals surface area contributed by atoms with E-state index >= 15 is 0 Å². The van der Waals surface area contributed by atoms with Crippen LogP contribution < -0.4 is 0 Å². The normalized spacial score (nSPS) is 13.9. The van der Waals surface area contributed by atoms with Gasteiger partial charge in [0.05, 0.1) is 34.4 Å². The Balaban J connectivity index is 4.42. The van der Waals surface area contributed by atoms with Gasteiger partial charge in [-0.15, -0.1) is 0 Å². The highest BCUT2D eigenvalue weighted by Crippen LogP contribution is 2.11. The zero-order valence-corrected chi connectivity index (χ0v) is 33.9. The molecule has 0 rings (SSSR count). The van der Waals surface area contributed by atoms with Gasteiger partial charge in [-0.25, -0.2) is 4.79 Å². The largest absolute Gasteiger partial charge is 0.477 e. The quantitative estimate of drug-likeness (QED) is 0.0303. The number of nitrogens with zero attached hydrogens (tertiary/aromatic N) is 1. The molecule has 0 aliphatic rings. The number of hydrogen-bond acceptors (Lipinski definition) is 6. The van der Waals surface area contributed by atoms with Crippen LogP contribution in [0, 0.1) is 0 Å². The Bertz CT molecular complexity index is 1140. The predicted octanol–water partition coefficient (Wildman–Crippen LogP) is 10.6. The number of carbonyl (C=O) groups is 3. The van der Waals surface area contributed by atoms with Gasteiger partial charge in [0.25, 0.3) is 0 Å². The lowest BCUT2D eigenvalue weighted by Gasteiger charge is -2.31. The van der Waals surface area contributed by atoms with Crippen LogP contribution in [0.3, 0.4) is 0 Å². The molecular weight excluding hydrogens is 666 g/mol. The van der Waals surface area contributed by atoms with Gasteiger partial charge in [-0.3, -0.25) is 9.59 Å². The van der Waals surface area contributed by atoms with Gasteiger partial charge in [-0.2, -0.15) is 0 Å². The van der Waals surface area contributed by atoms with E-state index in [-0.39, 0.29) is 49.1 Å². The van der Waals surface area contributed by atoms with Crippen molar-refractivity contribution < 1.29 is 38.2 Å². The zero-order valence-electron chi connectivity index (χ0n) is 33.9. The molecule has 0 aromatic carbocycles.